The van der Waals surface area contributed by atoms with Crippen LogP contribution in [0.1, 0.15) is 66.6 Å². The number of nitrogens with one attached hydrogen (secondary N) is 2. The Balaban J connectivity index is 1.55. The predicted molar refractivity (Wildman–Crippen MR) is 130 cm³/mol. The minimum absolute atomic E-state index is 0.0790. The molecular weight excluding hydrogens is 438 g/mol. The number of likely N-dealkylation sites (tertiary alicyclic amines) is 1. The molecule has 1 aliphatic rings. The summed E-state index contributed by atoms with van der Waals surface area (Å²) in [4.78, 5) is 14.7. The molecule has 33 heavy (non-hydrogen) atoms. The van der Waals surface area contributed by atoms with Crippen molar-refractivity contribution in [1.82, 2.24) is 13.6 Å². The lowest BCUT2D eigenvalue weighted by molar-refractivity contribution is 0.0721. The number of phenolic OH excluding ortho intramolecular Hbond substituents is 1. The number of aryl methyl sites for hydroxylation is 2. The maximum Gasteiger partial charge on any atom is 0.257 e. The lowest BCUT2D eigenvalue weighted by Gasteiger charge is -2.27. The molecule has 1 saturated heterocycles. The molecule has 0 bridgehead atoms. The van der Waals surface area contributed by atoms with Crippen LogP contribution in [0.5, 0.6) is 5.75 Å². The first-order valence-electron chi connectivity index (χ1n) is 11.4. The van der Waals surface area contributed by atoms with Crippen molar-refractivity contribution < 1.29 is 14.3 Å². The van der Waals surface area contributed by atoms with Crippen molar-refractivity contribution in [1.29, 1.82) is 0 Å². The summed E-state index contributed by atoms with van der Waals surface area (Å²) < 4.78 is 14.7. The van der Waals surface area contributed by atoms with Gasteiger partial charge in [-0.1, -0.05) is 19.9 Å². The fourth-order valence-corrected chi connectivity index (χ4v) is 4.52. The molecular formula is C24H31N5O3S. The summed E-state index contributed by atoms with van der Waals surface area (Å²) in [7, 11) is 0. The number of nitrogens with zero attached hydrogens (tertiary/aromatic N) is 3. The van der Waals surface area contributed by atoms with Crippen molar-refractivity contribution in [3.63, 3.8) is 0 Å². The average molecular weight is 470 g/mol. The van der Waals surface area contributed by atoms with Crippen molar-refractivity contribution in [2.24, 2.45) is 5.92 Å². The van der Waals surface area contributed by atoms with E-state index in [1.54, 1.807) is 23.1 Å². The third-order valence-corrected chi connectivity index (χ3v) is 6.63. The lowest BCUT2D eigenvalue weighted by atomic mass is 10.0. The smallest absolute Gasteiger partial charge is 0.257 e. The molecule has 0 saturated carbocycles. The van der Waals surface area contributed by atoms with E-state index in [4.69, 9.17) is 4.42 Å². The van der Waals surface area contributed by atoms with Crippen molar-refractivity contribution >= 4 is 35.0 Å². The predicted octanol–water partition coefficient (Wildman–Crippen LogP) is 5.63. The second-order valence-corrected chi connectivity index (χ2v) is 9.42. The van der Waals surface area contributed by atoms with Gasteiger partial charge in [0.2, 0.25) is 0 Å². The Bertz CT molecular complexity index is 1100. The Morgan fingerprint density at radius 2 is 1.88 bits per heavy atom. The molecule has 0 radical (unpaired) electrons. The highest BCUT2D eigenvalue weighted by Crippen LogP contribution is 2.36. The molecule has 8 nitrogen and oxygen atoms in total. The molecule has 3 N–H and O–H groups in total. The summed E-state index contributed by atoms with van der Waals surface area (Å²) >= 11 is 1.07. The number of rotatable bonds is 7. The number of hydrogen-bond acceptors (Lipinski definition) is 8. The Morgan fingerprint density at radius 1 is 1.15 bits per heavy atom. The monoisotopic (exact) mass is 469 g/mol. The number of furan rings is 1. The van der Waals surface area contributed by atoms with Crippen LogP contribution in [0, 0.1) is 19.8 Å². The highest BCUT2D eigenvalue weighted by atomic mass is 32.1. The molecule has 1 atom stereocenters. The van der Waals surface area contributed by atoms with Gasteiger partial charge in [-0.25, -0.2) is 0 Å². The maximum atomic E-state index is 12.9. The summed E-state index contributed by atoms with van der Waals surface area (Å²) in [6.07, 6.45) is 3.13. The van der Waals surface area contributed by atoms with Crippen LogP contribution in [-0.4, -0.2) is 37.8 Å². The number of amides is 1. The molecule has 1 amide bonds. The third-order valence-electron chi connectivity index (χ3n) is 6.10. The number of para-hydroxylation sites is 1. The van der Waals surface area contributed by atoms with E-state index in [0.29, 0.717) is 22.9 Å². The van der Waals surface area contributed by atoms with E-state index in [2.05, 4.69) is 33.2 Å². The first-order valence-corrected chi connectivity index (χ1v) is 12.1. The minimum atomic E-state index is -0.144. The number of carbonyl (C=O) groups excluding carboxylic acids is 1. The molecule has 1 aliphatic heterocycles. The van der Waals surface area contributed by atoms with E-state index >= 15 is 0 Å². The van der Waals surface area contributed by atoms with Gasteiger partial charge < -0.3 is 25.1 Å². The van der Waals surface area contributed by atoms with Crippen molar-refractivity contribution in [3.8, 4) is 5.75 Å². The van der Waals surface area contributed by atoms with Gasteiger partial charge in [0.1, 0.15) is 11.5 Å². The van der Waals surface area contributed by atoms with Crippen LogP contribution in [0.4, 0.5) is 17.3 Å². The molecule has 2 aromatic heterocycles. The first kappa shape index (κ1) is 23.1. The van der Waals surface area contributed by atoms with Crippen LogP contribution in [0.25, 0.3) is 0 Å². The number of anilines is 3. The molecule has 1 unspecified atom stereocenters. The number of benzene rings is 1. The zero-order chi connectivity index (χ0) is 23.5. The van der Waals surface area contributed by atoms with Gasteiger partial charge in [-0.2, -0.15) is 8.75 Å². The number of carbonyl (C=O) groups is 1. The van der Waals surface area contributed by atoms with E-state index < -0.39 is 0 Å². The van der Waals surface area contributed by atoms with Gasteiger partial charge in [0.05, 0.1) is 29.0 Å². The Morgan fingerprint density at radius 3 is 2.55 bits per heavy atom. The van der Waals surface area contributed by atoms with E-state index in [0.717, 1.165) is 61.2 Å². The molecule has 3 heterocycles. The molecule has 176 valence electrons. The number of piperidine rings is 1. The van der Waals surface area contributed by atoms with Crippen LogP contribution in [-0.2, 0) is 0 Å². The standard InChI is InChI=1S/C24H31N5O3S/c1-14(2)20(19-13-15(3)16(4)32-19)26-23-22(27-33-28-23)25-18-10-8-9-17(21(18)30)24(31)29-11-6-5-7-12-29/h8-10,13-14,20,30H,5-7,11-12H2,1-4H3,(H,25,27)(H,26,28). The fourth-order valence-electron chi connectivity index (χ4n) is 4.05. The van der Waals surface area contributed by atoms with E-state index in [1.165, 1.54) is 0 Å². The second-order valence-electron chi connectivity index (χ2n) is 8.90. The Labute approximate surface area is 198 Å². The number of hydrogen-bond donors (Lipinski definition) is 3. The molecule has 9 heteroatoms. The average Bonchev–Trinajstić information content (AvgIpc) is 3.38. The Kier molecular flexibility index (Phi) is 6.88. The van der Waals surface area contributed by atoms with Crippen LogP contribution in [0.2, 0.25) is 0 Å². The number of aromatic nitrogens is 2. The SMILES string of the molecule is Cc1cc(C(Nc2nsnc2Nc2cccc(C(=O)N3CCCCC3)c2O)C(C)C)oc1C. The van der Waals surface area contributed by atoms with E-state index in [-0.39, 0.29) is 23.6 Å². The van der Waals surface area contributed by atoms with Crippen LogP contribution >= 0.6 is 11.7 Å². The van der Waals surface area contributed by atoms with Gasteiger partial charge in [0.15, 0.2) is 17.4 Å². The van der Waals surface area contributed by atoms with E-state index in [1.807, 2.05) is 19.9 Å². The highest BCUT2D eigenvalue weighted by Gasteiger charge is 2.25. The third kappa shape index (κ3) is 4.98. The van der Waals surface area contributed by atoms with Gasteiger partial charge in [-0.3, -0.25) is 4.79 Å². The minimum Gasteiger partial charge on any atom is -0.505 e. The molecule has 0 spiro atoms. The summed E-state index contributed by atoms with van der Waals surface area (Å²) in [6, 6.07) is 7.10. The normalized spacial score (nSPS) is 15.0. The van der Waals surface area contributed by atoms with Crippen LogP contribution in [0.3, 0.4) is 0 Å². The van der Waals surface area contributed by atoms with Crippen LogP contribution < -0.4 is 10.6 Å². The summed E-state index contributed by atoms with van der Waals surface area (Å²) in [5, 5.41) is 17.5. The zero-order valence-electron chi connectivity index (χ0n) is 19.5. The molecule has 4 rings (SSSR count). The zero-order valence-corrected chi connectivity index (χ0v) is 20.3. The molecule has 3 aromatic rings. The fraction of sp³-hybridized carbons (Fsp3) is 0.458. The largest absolute Gasteiger partial charge is 0.505 e. The van der Waals surface area contributed by atoms with Gasteiger partial charge in [0.25, 0.3) is 5.91 Å². The van der Waals surface area contributed by atoms with Gasteiger partial charge >= 0.3 is 0 Å². The van der Waals surface area contributed by atoms with Crippen LogP contribution in [0.15, 0.2) is 28.7 Å². The van der Waals surface area contributed by atoms with Crippen molar-refractivity contribution in [3.05, 3.63) is 46.9 Å². The molecule has 1 fully saturated rings. The summed E-state index contributed by atoms with van der Waals surface area (Å²) in [6.45, 7) is 9.65. The van der Waals surface area contributed by atoms with Gasteiger partial charge in [-0.05, 0) is 62.8 Å². The quantitative estimate of drug-likeness (QED) is 0.385. The second kappa shape index (κ2) is 9.82. The highest BCUT2D eigenvalue weighted by molar-refractivity contribution is 6.99. The lowest BCUT2D eigenvalue weighted by Crippen LogP contribution is -2.35. The maximum absolute atomic E-state index is 12.9. The number of phenols is 1. The molecule has 1 aromatic carbocycles. The summed E-state index contributed by atoms with van der Waals surface area (Å²) in [5.74, 6) is 2.81. The number of aromatic hydroxyl groups is 1. The van der Waals surface area contributed by atoms with Gasteiger partial charge in [0, 0.05) is 13.1 Å². The van der Waals surface area contributed by atoms with Crippen molar-refractivity contribution in [2.75, 3.05) is 23.7 Å². The first-order chi connectivity index (χ1) is 15.8. The summed E-state index contributed by atoms with van der Waals surface area (Å²) in [5.41, 5.74) is 1.81. The topological polar surface area (TPSA) is 104 Å². The molecule has 0 aliphatic carbocycles. The van der Waals surface area contributed by atoms with E-state index in [9.17, 15) is 9.90 Å². The van der Waals surface area contributed by atoms with Crippen molar-refractivity contribution in [2.45, 2.75) is 53.0 Å². The Hall–Kier alpha value is -3.07. The van der Waals surface area contributed by atoms with Gasteiger partial charge in [-0.15, -0.1) is 0 Å².